The number of halogens is 4. The molecule has 2 rings (SSSR count). The zero-order valence-corrected chi connectivity index (χ0v) is 20.4. The first-order valence-electron chi connectivity index (χ1n) is 10.1. The van der Waals surface area contributed by atoms with Crippen LogP contribution in [0.15, 0.2) is 42.2 Å². The fourth-order valence-corrected chi connectivity index (χ4v) is 3.49. The molecule has 2 amide bonds. The van der Waals surface area contributed by atoms with Crippen LogP contribution in [-0.4, -0.2) is 44.8 Å². The van der Waals surface area contributed by atoms with Crippen molar-refractivity contribution in [1.29, 1.82) is 5.41 Å². The van der Waals surface area contributed by atoms with Gasteiger partial charge in [0.2, 0.25) is 11.8 Å². The van der Waals surface area contributed by atoms with Gasteiger partial charge in [-0.2, -0.15) is 0 Å². The summed E-state index contributed by atoms with van der Waals surface area (Å²) in [6.45, 7) is 6.55. The maximum absolute atomic E-state index is 15.0. The highest BCUT2D eigenvalue weighted by atomic mass is 35.6. The minimum absolute atomic E-state index is 0.215. The zero-order chi connectivity index (χ0) is 24.2. The third-order valence-electron chi connectivity index (χ3n) is 4.99. The molecule has 4 unspecified atom stereocenters. The van der Waals surface area contributed by atoms with Crippen molar-refractivity contribution in [2.24, 2.45) is 11.8 Å². The Balaban J connectivity index is 2.34. The molecule has 1 fully saturated rings. The van der Waals surface area contributed by atoms with Gasteiger partial charge >= 0.3 is 6.09 Å². The summed E-state index contributed by atoms with van der Waals surface area (Å²) in [5, 5.41) is 7.82. The minimum atomic E-state index is -2.24. The lowest BCUT2D eigenvalue weighted by atomic mass is 9.96. The predicted octanol–water partition coefficient (Wildman–Crippen LogP) is 5.84. The van der Waals surface area contributed by atoms with E-state index in [9.17, 15) is 9.59 Å². The molecule has 6 nitrogen and oxygen atoms in total. The average molecular weight is 508 g/mol. The van der Waals surface area contributed by atoms with E-state index in [1.54, 1.807) is 20.8 Å². The highest BCUT2D eigenvalue weighted by Crippen LogP contribution is 2.33. The molecule has 0 saturated carbocycles. The third-order valence-corrected chi connectivity index (χ3v) is 5.51. The van der Waals surface area contributed by atoms with Crippen LogP contribution in [0, 0.1) is 17.2 Å². The molecule has 176 valence electrons. The number of amides is 2. The number of hydrogen-bond donors (Lipinski definition) is 1. The van der Waals surface area contributed by atoms with Gasteiger partial charge in [0.1, 0.15) is 11.9 Å². The number of hydrogen-bond acceptors (Lipinski definition) is 5. The second kappa shape index (κ2) is 10.9. The first-order valence-corrected chi connectivity index (χ1v) is 11.2. The third kappa shape index (κ3) is 6.59. The summed E-state index contributed by atoms with van der Waals surface area (Å²) in [6.07, 6.45) is -1.33. The predicted molar refractivity (Wildman–Crippen MR) is 123 cm³/mol. The summed E-state index contributed by atoms with van der Waals surface area (Å²) in [5.41, 5.74) is 0.907. The van der Waals surface area contributed by atoms with Crippen molar-refractivity contribution in [2.45, 2.75) is 56.2 Å². The molecular weight excluding hydrogens is 482 g/mol. The molecule has 0 spiro atoms. The Bertz CT molecular complexity index is 874. The Hall–Kier alpha value is -1.83. The van der Waals surface area contributed by atoms with Crippen LogP contribution in [0.4, 0.5) is 9.18 Å². The number of ether oxygens (including phenoxy) is 2. The van der Waals surface area contributed by atoms with Crippen molar-refractivity contribution in [2.75, 3.05) is 0 Å². The van der Waals surface area contributed by atoms with Crippen molar-refractivity contribution in [3.63, 3.8) is 0 Å². The summed E-state index contributed by atoms with van der Waals surface area (Å²) in [6, 6.07) is 8.72. The van der Waals surface area contributed by atoms with E-state index in [1.807, 2.05) is 30.3 Å². The van der Waals surface area contributed by atoms with Crippen LogP contribution in [0.1, 0.15) is 33.3 Å². The number of imide groups is 1. The molecule has 1 heterocycles. The zero-order valence-electron chi connectivity index (χ0n) is 18.2. The van der Waals surface area contributed by atoms with Gasteiger partial charge in [-0.25, -0.2) is 14.1 Å². The van der Waals surface area contributed by atoms with E-state index in [1.165, 1.54) is 13.0 Å². The number of nitrogens with one attached hydrogen (secondary N) is 1. The Morgan fingerprint density at radius 2 is 1.88 bits per heavy atom. The fraction of sp³-hybridized carbons (Fsp3) is 0.500. The summed E-state index contributed by atoms with van der Waals surface area (Å²) in [5.74, 6) is -3.78. The van der Waals surface area contributed by atoms with E-state index in [0.717, 1.165) is 10.5 Å². The van der Waals surface area contributed by atoms with Gasteiger partial charge in [-0.05, 0) is 37.8 Å². The van der Waals surface area contributed by atoms with E-state index in [4.69, 9.17) is 49.7 Å². The topological polar surface area (TPSA) is 79.7 Å². The van der Waals surface area contributed by atoms with Gasteiger partial charge in [-0.15, -0.1) is 0 Å². The maximum Gasteiger partial charge on any atom is 0.417 e. The molecule has 1 aromatic rings. The molecule has 10 heteroatoms. The number of allylic oxidation sites excluding steroid dienone is 1. The van der Waals surface area contributed by atoms with Crippen LogP contribution in [0.5, 0.6) is 0 Å². The summed E-state index contributed by atoms with van der Waals surface area (Å²) in [7, 11) is 0. The van der Waals surface area contributed by atoms with Crippen molar-refractivity contribution in [3.8, 4) is 0 Å². The molecule has 1 saturated heterocycles. The lowest BCUT2D eigenvalue weighted by Crippen LogP contribution is -2.48. The standard InChI is InChI=1S/C22H26Cl3FN2O4/c1-12(2)10-16(26)18(32-20(27)22(23,24)25)13(3)19(29)28-17(14(4)31-21(28)30)11-15-8-6-5-7-9-15/h5-10,12-14,17-18,27H,11H2,1-4H3. The van der Waals surface area contributed by atoms with Gasteiger partial charge < -0.3 is 9.47 Å². The number of benzene rings is 1. The van der Waals surface area contributed by atoms with E-state index >= 15 is 4.39 Å². The van der Waals surface area contributed by atoms with Crippen molar-refractivity contribution in [3.05, 3.63) is 47.8 Å². The van der Waals surface area contributed by atoms with Crippen molar-refractivity contribution < 1.29 is 23.5 Å². The summed E-state index contributed by atoms with van der Waals surface area (Å²) >= 11 is 17.0. The van der Waals surface area contributed by atoms with Gasteiger partial charge in [0, 0.05) is 0 Å². The quantitative estimate of drug-likeness (QED) is 0.285. The molecule has 4 atom stereocenters. The number of carbonyl (C=O) groups excluding carboxylic acids is 2. The van der Waals surface area contributed by atoms with Crippen LogP contribution in [-0.2, 0) is 20.7 Å². The Morgan fingerprint density at radius 1 is 1.28 bits per heavy atom. The maximum atomic E-state index is 15.0. The number of carbonyl (C=O) groups is 2. The number of alkyl halides is 3. The Labute approximate surface area is 202 Å². The Morgan fingerprint density at radius 3 is 2.41 bits per heavy atom. The number of nitrogens with zero attached hydrogens (tertiary/aromatic N) is 1. The average Bonchev–Trinajstić information content (AvgIpc) is 2.97. The van der Waals surface area contributed by atoms with E-state index in [2.05, 4.69) is 0 Å². The van der Waals surface area contributed by atoms with Gasteiger partial charge in [-0.1, -0.05) is 79.0 Å². The van der Waals surface area contributed by atoms with Gasteiger partial charge in [-0.3, -0.25) is 10.2 Å². The normalized spacial score (nSPS) is 21.3. The van der Waals surface area contributed by atoms with Crippen LogP contribution in [0.25, 0.3) is 0 Å². The van der Waals surface area contributed by atoms with Gasteiger partial charge in [0.05, 0.1) is 12.0 Å². The highest BCUT2D eigenvalue weighted by Gasteiger charge is 2.47. The SMILES string of the molecule is CC(C)C=C(F)C(OC(=N)C(Cl)(Cl)Cl)C(C)C(=O)N1C(=O)OC(C)C1Cc1ccccc1. The lowest BCUT2D eigenvalue weighted by molar-refractivity contribution is -0.135. The number of cyclic esters (lactones) is 1. The second-order valence-electron chi connectivity index (χ2n) is 8.00. The smallest absolute Gasteiger partial charge is 0.417 e. The van der Waals surface area contributed by atoms with E-state index < -0.39 is 51.7 Å². The largest absolute Gasteiger partial charge is 0.467 e. The van der Waals surface area contributed by atoms with E-state index in [-0.39, 0.29) is 5.92 Å². The van der Waals surface area contributed by atoms with E-state index in [0.29, 0.717) is 6.42 Å². The summed E-state index contributed by atoms with van der Waals surface area (Å²) < 4.78 is 23.3. The molecule has 1 aromatic carbocycles. The molecule has 0 aromatic heterocycles. The Kier molecular flexibility index (Phi) is 8.97. The first-order chi connectivity index (χ1) is 14.8. The molecule has 1 N–H and O–H groups in total. The fourth-order valence-electron chi connectivity index (χ4n) is 3.36. The minimum Gasteiger partial charge on any atom is -0.467 e. The molecular formula is C22H26Cl3FN2O4. The molecule has 32 heavy (non-hydrogen) atoms. The van der Waals surface area contributed by atoms with Crippen LogP contribution < -0.4 is 0 Å². The first kappa shape index (κ1) is 26.4. The number of rotatable bonds is 7. The second-order valence-corrected chi connectivity index (χ2v) is 10.3. The molecule has 0 bridgehead atoms. The molecule has 1 aliphatic heterocycles. The van der Waals surface area contributed by atoms with Crippen molar-refractivity contribution >= 4 is 52.7 Å². The van der Waals surface area contributed by atoms with Gasteiger partial charge in [0.15, 0.2) is 6.10 Å². The molecule has 0 aliphatic carbocycles. The lowest BCUT2D eigenvalue weighted by Gasteiger charge is -2.29. The molecule has 0 radical (unpaired) electrons. The monoisotopic (exact) mass is 506 g/mol. The van der Waals surface area contributed by atoms with Crippen molar-refractivity contribution in [1.82, 2.24) is 4.90 Å². The highest BCUT2D eigenvalue weighted by molar-refractivity contribution is 6.76. The van der Waals surface area contributed by atoms with Crippen LogP contribution >= 0.6 is 34.8 Å². The van der Waals surface area contributed by atoms with Gasteiger partial charge in [0.25, 0.3) is 3.79 Å². The van der Waals surface area contributed by atoms with Crippen LogP contribution in [0.3, 0.4) is 0 Å². The molecule has 1 aliphatic rings. The summed E-state index contributed by atoms with van der Waals surface area (Å²) in [4.78, 5) is 26.8. The van der Waals surface area contributed by atoms with Crippen LogP contribution in [0.2, 0.25) is 0 Å².